The molecule has 0 spiro atoms. The van der Waals surface area contributed by atoms with E-state index in [1.807, 2.05) is 0 Å². The topological polar surface area (TPSA) is 78.2 Å². The average Bonchev–Trinajstić information content (AvgIpc) is 2.70. The Bertz CT molecular complexity index is 743. The first-order valence-corrected chi connectivity index (χ1v) is 7.38. The summed E-state index contributed by atoms with van der Waals surface area (Å²) in [5.41, 5.74) is -0.902. The van der Waals surface area contributed by atoms with Gasteiger partial charge in [-0.05, 0) is 6.07 Å². The third-order valence-electron chi connectivity index (χ3n) is 3.09. The number of carbonyl (C=O) groups excluding carboxylic acids is 1. The Morgan fingerprint density at radius 1 is 1.33 bits per heavy atom. The highest BCUT2D eigenvalue weighted by Gasteiger charge is 2.35. The molecule has 0 aromatic heterocycles. The van der Waals surface area contributed by atoms with Crippen LogP contribution in [0.5, 0.6) is 0 Å². The Morgan fingerprint density at radius 3 is 2.57 bits per heavy atom. The Hall–Kier alpha value is -2.08. The van der Waals surface area contributed by atoms with Crippen molar-refractivity contribution in [3.63, 3.8) is 0 Å². The number of nitriles is 1. The summed E-state index contributed by atoms with van der Waals surface area (Å²) in [6, 6.07) is 2.80. The molecule has 1 saturated heterocycles. The summed E-state index contributed by atoms with van der Waals surface area (Å²) >= 11 is 0. The minimum atomic E-state index is -4.76. The second-order valence-corrected chi connectivity index (χ2v) is 6.09. The smallest absolute Gasteiger partial charge is 0.302 e. The van der Waals surface area contributed by atoms with Crippen LogP contribution in [0, 0.1) is 28.9 Å². The number of nitrogens with zero attached hydrogens (tertiary/aromatic N) is 2. The summed E-state index contributed by atoms with van der Waals surface area (Å²) in [5.74, 6) is -4.29. The van der Waals surface area contributed by atoms with Crippen LogP contribution in [-0.4, -0.2) is 26.6 Å². The van der Waals surface area contributed by atoms with Gasteiger partial charge in [0.15, 0.2) is 0 Å². The van der Waals surface area contributed by atoms with Crippen LogP contribution in [-0.2, 0) is 15.0 Å². The zero-order chi connectivity index (χ0) is 15.8. The first kappa shape index (κ1) is 15.3. The van der Waals surface area contributed by atoms with Crippen LogP contribution in [0.4, 0.5) is 18.4 Å². The van der Waals surface area contributed by atoms with Crippen molar-refractivity contribution in [3.8, 4) is 6.07 Å². The SMILES string of the molecule is N#Cc1cc(F)c(N2CC(CS(=O)(=O)F)CC2=O)cc1F. The van der Waals surface area contributed by atoms with E-state index in [1.165, 1.54) is 6.07 Å². The van der Waals surface area contributed by atoms with Crippen LogP contribution in [0.2, 0.25) is 0 Å². The Kier molecular flexibility index (Phi) is 3.91. The molecule has 112 valence electrons. The Morgan fingerprint density at radius 2 is 2.00 bits per heavy atom. The van der Waals surface area contributed by atoms with Crippen LogP contribution in [0.1, 0.15) is 12.0 Å². The highest BCUT2D eigenvalue weighted by molar-refractivity contribution is 7.86. The van der Waals surface area contributed by atoms with E-state index in [0.29, 0.717) is 12.1 Å². The molecular weight excluding hydrogens is 309 g/mol. The molecule has 0 aliphatic carbocycles. The summed E-state index contributed by atoms with van der Waals surface area (Å²) < 4.78 is 61.1. The van der Waals surface area contributed by atoms with E-state index >= 15 is 0 Å². The molecule has 1 amide bonds. The van der Waals surface area contributed by atoms with E-state index in [2.05, 4.69) is 0 Å². The monoisotopic (exact) mass is 318 g/mol. The highest BCUT2D eigenvalue weighted by Crippen LogP contribution is 2.30. The lowest BCUT2D eigenvalue weighted by Gasteiger charge is -2.17. The highest BCUT2D eigenvalue weighted by atomic mass is 32.3. The first-order valence-electron chi connectivity index (χ1n) is 5.83. The zero-order valence-corrected chi connectivity index (χ0v) is 11.3. The molecule has 1 heterocycles. The summed E-state index contributed by atoms with van der Waals surface area (Å²) in [4.78, 5) is 12.6. The van der Waals surface area contributed by atoms with E-state index in [1.54, 1.807) is 0 Å². The van der Waals surface area contributed by atoms with Crippen LogP contribution in [0.25, 0.3) is 0 Å². The number of carbonyl (C=O) groups is 1. The van der Waals surface area contributed by atoms with Gasteiger partial charge in [0.1, 0.15) is 17.7 Å². The Labute approximate surface area is 118 Å². The fourth-order valence-corrected chi connectivity index (χ4v) is 3.02. The van der Waals surface area contributed by atoms with Gasteiger partial charge < -0.3 is 4.90 Å². The molecule has 0 bridgehead atoms. The van der Waals surface area contributed by atoms with Crippen LogP contribution < -0.4 is 4.90 Å². The normalized spacial score (nSPS) is 18.9. The van der Waals surface area contributed by atoms with Gasteiger partial charge in [-0.15, -0.1) is 3.89 Å². The van der Waals surface area contributed by atoms with Crippen LogP contribution in [0.3, 0.4) is 0 Å². The van der Waals surface area contributed by atoms with Gasteiger partial charge in [-0.25, -0.2) is 8.78 Å². The van der Waals surface area contributed by atoms with Crippen molar-refractivity contribution < 1.29 is 25.9 Å². The molecule has 5 nitrogen and oxygen atoms in total. The fourth-order valence-electron chi connectivity index (χ4n) is 2.24. The molecule has 21 heavy (non-hydrogen) atoms. The molecule has 1 atom stereocenters. The summed E-state index contributed by atoms with van der Waals surface area (Å²) in [7, 11) is -4.76. The van der Waals surface area contributed by atoms with Crippen molar-refractivity contribution in [2.24, 2.45) is 5.92 Å². The molecule has 2 rings (SSSR count). The van der Waals surface area contributed by atoms with Gasteiger partial charge in [-0.2, -0.15) is 13.7 Å². The molecule has 1 aliphatic heterocycles. The van der Waals surface area contributed by atoms with Crippen LogP contribution in [0.15, 0.2) is 12.1 Å². The van der Waals surface area contributed by atoms with Gasteiger partial charge in [-0.3, -0.25) is 4.79 Å². The van der Waals surface area contributed by atoms with Crippen LogP contribution >= 0.6 is 0 Å². The third-order valence-corrected chi connectivity index (χ3v) is 3.96. The quantitative estimate of drug-likeness (QED) is 0.791. The summed E-state index contributed by atoms with van der Waals surface area (Å²) in [5, 5.41) is 8.58. The second-order valence-electron chi connectivity index (χ2n) is 4.68. The molecule has 0 radical (unpaired) electrons. The maximum atomic E-state index is 13.8. The largest absolute Gasteiger partial charge is 0.309 e. The molecule has 1 aromatic carbocycles. The number of anilines is 1. The maximum absolute atomic E-state index is 13.8. The molecule has 0 N–H and O–H groups in total. The molecule has 1 fully saturated rings. The van der Waals surface area contributed by atoms with E-state index in [9.17, 15) is 25.9 Å². The molecule has 0 saturated carbocycles. The molecule has 1 aliphatic rings. The summed E-state index contributed by atoms with van der Waals surface area (Å²) in [6.45, 7) is -0.232. The Balaban J connectivity index is 2.30. The summed E-state index contributed by atoms with van der Waals surface area (Å²) in [6.07, 6.45) is -0.274. The first-order chi connectivity index (χ1) is 9.71. The minimum absolute atomic E-state index is 0.232. The zero-order valence-electron chi connectivity index (χ0n) is 10.5. The second kappa shape index (κ2) is 5.37. The predicted molar refractivity (Wildman–Crippen MR) is 66.4 cm³/mol. The minimum Gasteiger partial charge on any atom is -0.309 e. The van der Waals surface area contributed by atoms with Crippen molar-refractivity contribution in [2.45, 2.75) is 6.42 Å². The van der Waals surface area contributed by atoms with Gasteiger partial charge >= 0.3 is 10.2 Å². The lowest BCUT2D eigenvalue weighted by atomic mass is 10.1. The van der Waals surface area contributed by atoms with Gasteiger partial charge in [0.05, 0.1) is 17.0 Å². The van der Waals surface area contributed by atoms with Gasteiger partial charge in [0.25, 0.3) is 0 Å². The van der Waals surface area contributed by atoms with E-state index in [-0.39, 0.29) is 13.0 Å². The van der Waals surface area contributed by atoms with Gasteiger partial charge in [0, 0.05) is 24.9 Å². The molecule has 1 unspecified atom stereocenters. The lowest BCUT2D eigenvalue weighted by Crippen LogP contribution is -2.26. The standard InChI is InChI=1S/C12H9F3N2O3S/c13-9-3-11(10(14)2-8(9)4-16)17-5-7(1-12(17)18)6-21(15,19)20/h2-3,7H,1,5-6H2. The number of halogens is 3. The number of benzene rings is 1. The van der Waals surface area contributed by atoms with Gasteiger partial charge in [0.2, 0.25) is 5.91 Å². The average molecular weight is 318 g/mol. The van der Waals surface area contributed by atoms with Crippen molar-refractivity contribution in [3.05, 3.63) is 29.3 Å². The van der Waals surface area contributed by atoms with Crippen molar-refractivity contribution >= 4 is 21.8 Å². The van der Waals surface area contributed by atoms with Crippen molar-refractivity contribution in [1.82, 2.24) is 0 Å². The van der Waals surface area contributed by atoms with Crippen molar-refractivity contribution in [1.29, 1.82) is 5.26 Å². The lowest BCUT2D eigenvalue weighted by molar-refractivity contribution is -0.117. The molecule has 9 heteroatoms. The van der Waals surface area contributed by atoms with Crippen molar-refractivity contribution in [2.75, 3.05) is 17.2 Å². The molecular formula is C12H9F3N2O3S. The number of amides is 1. The van der Waals surface area contributed by atoms with E-state index in [0.717, 1.165) is 4.90 Å². The number of hydrogen-bond donors (Lipinski definition) is 0. The third kappa shape index (κ3) is 3.33. The number of hydrogen-bond acceptors (Lipinski definition) is 4. The van der Waals surface area contributed by atoms with Gasteiger partial charge in [-0.1, -0.05) is 0 Å². The van der Waals surface area contributed by atoms with E-state index in [4.69, 9.17) is 5.26 Å². The maximum Gasteiger partial charge on any atom is 0.302 e. The fraction of sp³-hybridized carbons (Fsp3) is 0.333. The predicted octanol–water partition coefficient (Wildman–Crippen LogP) is 1.49. The molecule has 1 aromatic rings. The van der Waals surface area contributed by atoms with E-state index < -0.39 is 50.7 Å². The number of rotatable bonds is 3.